The summed E-state index contributed by atoms with van der Waals surface area (Å²) in [6, 6.07) is 17.8. The van der Waals surface area contributed by atoms with Gasteiger partial charge >= 0.3 is 0 Å². The normalized spacial score (nSPS) is 20.2. The second-order valence-electron chi connectivity index (χ2n) is 6.47. The van der Waals surface area contributed by atoms with E-state index in [1.807, 2.05) is 54.6 Å². The fraction of sp³-hybridized carbons (Fsp3) is 0.381. The van der Waals surface area contributed by atoms with E-state index in [1.54, 1.807) is 0 Å². The van der Waals surface area contributed by atoms with E-state index < -0.39 is 0 Å². The van der Waals surface area contributed by atoms with Gasteiger partial charge in [-0.05, 0) is 36.0 Å². The number of aliphatic hydroxyl groups is 1. The number of amides is 1. The van der Waals surface area contributed by atoms with Crippen LogP contribution in [-0.2, 0) is 22.6 Å². The lowest BCUT2D eigenvalue weighted by Crippen LogP contribution is -2.38. The third-order valence-corrected chi connectivity index (χ3v) is 4.71. The van der Waals surface area contributed by atoms with Crippen LogP contribution in [0, 0.1) is 5.92 Å². The summed E-state index contributed by atoms with van der Waals surface area (Å²) >= 11 is 0. The highest BCUT2D eigenvalue weighted by atomic mass is 16.5. The molecular weight excluding hydrogens is 314 g/mol. The van der Waals surface area contributed by atoms with E-state index in [4.69, 9.17) is 9.84 Å². The minimum atomic E-state index is -0.154. The van der Waals surface area contributed by atoms with E-state index in [-0.39, 0.29) is 24.5 Å². The first-order valence-electron chi connectivity index (χ1n) is 8.91. The molecule has 0 spiro atoms. The standard InChI is InChI=1S/C21H25NO3/c23-15-17-10-8-16(9-11-17)12-13-22-21(24)19-7-4-14-25-20(19)18-5-2-1-3-6-18/h1-3,5-6,8-11,19-20,23H,4,7,12-15H2,(H,22,24). The number of hydrogen-bond donors (Lipinski definition) is 2. The van der Waals surface area contributed by atoms with Gasteiger partial charge in [-0.3, -0.25) is 4.79 Å². The number of carbonyl (C=O) groups excluding carboxylic acids is 1. The van der Waals surface area contributed by atoms with E-state index in [2.05, 4.69) is 5.32 Å². The number of benzene rings is 2. The van der Waals surface area contributed by atoms with Crippen molar-refractivity contribution in [3.8, 4) is 0 Å². The predicted octanol–water partition coefficient (Wildman–Crippen LogP) is 3.01. The number of nitrogens with one attached hydrogen (secondary N) is 1. The molecule has 1 saturated heterocycles. The van der Waals surface area contributed by atoms with Crippen LogP contribution in [0.25, 0.3) is 0 Å². The third-order valence-electron chi connectivity index (χ3n) is 4.71. The molecular formula is C21H25NO3. The largest absolute Gasteiger partial charge is 0.392 e. The number of rotatable bonds is 6. The number of aliphatic hydroxyl groups excluding tert-OH is 1. The van der Waals surface area contributed by atoms with Gasteiger partial charge in [0, 0.05) is 13.2 Å². The van der Waals surface area contributed by atoms with Crippen molar-refractivity contribution in [2.45, 2.75) is 32.0 Å². The van der Waals surface area contributed by atoms with Gasteiger partial charge in [0.15, 0.2) is 0 Å². The molecule has 4 heteroatoms. The Bertz CT molecular complexity index is 669. The first kappa shape index (κ1) is 17.6. The van der Waals surface area contributed by atoms with E-state index in [0.717, 1.165) is 36.0 Å². The highest BCUT2D eigenvalue weighted by molar-refractivity contribution is 5.79. The molecule has 1 aliphatic rings. The number of hydrogen-bond acceptors (Lipinski definition) is 3. The molecule has 4 nitrogen and oxygen atoms in total. The van der Waals surface area contributed by atoms with Crippen LogP contribution in [0.3, 0.4) is 0 Å². The van der Waals surface area contributed by atoms with E-state index >= 15 is 0 Å². The molecule has 1 fully saturated rings. The number of ether oxygens (including phenoxy) is 1. The van der Waals surface area contributed by atoms with Crippen molar-refractivity contribution in [3.05, 3.63) is 71.3 Å². The van der Waals surface area contributed by atoms with Gasteiger partial charge in [-0.25, -0.2) is 0 Å². The SMILES string of the molecule is O=C(NCCc1ccc(CO)cc1)C1CCCOC1c1ccccc1. The molecule has 2 aromatic carbocycles. The molecule has 0 aliphatic carbocycles. The minimum absolute atomic E-state index is 0.0551. The van der Waals surface area contributed by atoms with Gasteiger partial charge in [0.25, 0.3) is 0 Å². The average Bonchev–Trinajstić information content (AvgIpc) is 2.69. The molecule has 2 unspecified atom stereocenters. The molecule has 2 N–H and O–H groups in total. The summed E-state index contributed by atoms with van der Waals surface area (Å²) in [6.07, 6.45) is 2.40. The minimum Gasteiger partial charge on any atom is -0.392 e. The van der Waals surface area contributed by atoms with E-state index in [0.29, 0.717) is 13.2 Å². The van der Waals surface area contributed by atoms with Crippen molar-refractivity contribution in [1.29, 1.82) is 0 Å². The van der Waals surface area contributed by atoms with Crippen molar-refractivity contribution in [2.24, 2.45) is 5.92 Å². The fourth-order valence-electron chi connectivity index (χ4n) is 3.29. The summed E-state index contributed by atoms with van der Waals surface area (Å²) in [5.41, 5.74) is 3.12. The summed E-state index contributed by atoms with van der Waals surface area (Å²) in [5, 5.41) is 12.1. The summed E-state index contributed by atoms with van der Waals surface area (Å²) in [4.78, 5) is 12.6. The molecule has 0 aromatic heterocycles. The molecule has 132 valence electrons. The lowest BCUT2D eigenvalue weighted by Gasteiger charge is -2.31. The second kappa shape index (κ2) is 8.79. The molecule has 0 bridgehead atoms. The first-order chi connectivity index (χ1) is 12.3. The highest BCUT2D eigenvalue weighted by Gasteiger charge is 2.32. The van der Waals surface area contributed by atoms with Gasteiger partial charge in [-0.2, -0.15) is 0 Å². The zero-order chi connectivity index (χ0) is 17.5. The molecule has 2 atom stereocenters. The van der Waals surface area contributed by atoms with Crippen LogP contribution in [0.2, 0.25) is 0 Å². The van der Waals surface area contributed by atoms with Crippen LogP contribution >= 0.6 is 0 Å². The van der Waals surface area contributed by atoms with Crippen LogP contribution in [0.5, 0.6) is 0 Å². The lowest BCUT2D eigenvalue weighted by molar-refractivity contribution is -0.134. The van der Waals surface area contributed by atoms with Crippen LogP contribution in [0.4, 0.5) is 0 Å². The van der Waals surface area contributed by atoms with Gasteiger partial charge in [0.05, 0.1) is 18.6 Å². The smallest absolute Gasteiger partial charge is 0.226 e. The van der Waals surface area contributed by atoms with Gasteiger partial charge in [-0.15, -0.1) is 0 Å². The Hall–Kier alpha value is -2.17. The predicted molar refractivity (Wildman–Crippen MR) is 96.9 cm³/mol. The molecule has 0 radical (unpaired) electrons. The fourth-order valence-corrected chi connectivity index (χ4v) is 3.29. The molecule has 1 aliphatic heterocycles. The molecule has 0 saturated carbocycles. The Labute approximate surface area is 148 Å². The Morgan fingerprint density at radius 1 is 1.08 bits per heavy atom. The summed E-state index contributed by atoms with van der Waals surface area (Å²) in [5.74, 6) is -0.0616. The van der Waals surface area contributed by atoms with Crippen molar-refractivity contribution < 1.29 is 14.6 Å². The van der Waals surface area contributed by atoms with Crippen LogP contribution < -0.4 is 5.32 Å². The zero-order valence-electron chi connectivity index (χ0n) is 14.4. The van der Waals surface area contributed by atoms with Crippen molar-refractivity contribution in [2.75, 3.05) is 13.2 Å². The van der Waals surface area contributed by atoms with Crippen LogP contribution in [-0.4, -0.2) is 24.2 Å². The van der Waals surface area contributed by atoms with Gasteiger partial charge in [0.1, 0.15) is 0 Å². The van der Waals surface area contributed by atoms with Gasteiger partial charge in [-0.1, -0.05) is 54.6 Å². The molecule has 1 heterocycles. The van der Waals surface area contributed by atoms with Crippen LogP contribution in [0.15, 0.2) is 54.6 Å². The average molecular weight is 339 g/mol. The Kier molecular flexibility index (Phi) is 6.20. The molecule has 1 amide bonds. The van der Waals surface area contributed by atoms with Crippen molar-refractivity contribution in [1.82, 2.24) is 5.32 Å². The Morgan fingerprint density at radius 3 is 2.52 bits per heavy atom. The summed E-state index contributed by atoms with van der Waals surface area (Å²) in [6.45, 7) is 1.37. The Balaban J connectivity index is 1.55. The van der Waals surface area contributed by atoms with Crippen molar-refractivity contribution >= 4 is 5.91 Å². The first-order valence-corrected chi connectivity index (χ1v) is 8.91. The maximum atomic E-state index is 12.6. The highest BCUT2D eigenvalue weighted by Crippen LogP contribution is 2.33. The number of carbonyl (C=O) groups is 1. The van der Waals surface area contributed by atoms with Crippen molar-refractivity contribution in [3.63, 3.8) is 0 Å². The summed E-state index contributed by atoms with van der Waals surface area (Å²) in [7, 11) is 0. The van der Waals surface area contributed by atoms with E-state index in [1.165, 1.54) is 0 Å². The van der Waals surface area contributed by atoms with Gasteiger partial charge in [0.2, 0.25) is 5.91 Å². The maximum Gasteiger partial charge on any atom is 0.226 e. The third kappa shape index (κ3) is 4.68. The van der Waals surface area contributed by atoms with Gasteiger partial charge < -0.3 is 15.2 Å². The zero-order valence-corrected chi connectivity index (χ0v) is 14.4. The second-order valence-corrected chi connectivity index (χ2v) is 6.47. The molecule has 3 rings (SSSR count). The monoisotopic (exact) mass is 339 g/mol. The quantitative estimate of drug-likeness (QED) is 0.850. The molecule has 25 heavy (non-hydrogen) atoms. The lowest BCUT2D eigenvalue weighted by atomic mass is 9.88. The summed E-state index contributed by atoms with van der Waals surface area (Å²) < 4.78 is 5.90. The van der Waals surface area contributed by atoms with E-state index in [9.17, 15) is 4.79 Å². The Morgan fingerprint density at radius 2 is 1.80 bits per heavy atom. The molecule has 2 aromatic rings. The van der Waals surface area contributed by atoms with Crippen LogP contribution in [0.1, 0.15) is 35.6 Å². The maximum absolute atomic E-state index is 12.6. The topological polar surface area (TPSA) is 58.6 Å².